The minimum Gasteiger partial charge on any atom is -0.354 e. The van der Waals surface area contributed by atoms with E-state index in [9.17, 15) is 0 Å². The lowest BCUT2D eigenvalue weighted by Gasteiger charge is -2.25. The molecule has 0 amide bonds. The van der Waals surface area contributed by atoms with E-state index in [4.69, 9.17) is 0 Å². The maximum atomic E-state index is 3.77. The average molecular weight is 382 g/mol. The van der Waals surface area contributed by atoms with E-state index in [0.717, 1.165) is 0 Å². The first-order valence-electron chi connectivity index (χ1n) is 10.6. The van der Waals surface area contributed by atoms with Gasteiger partial charge in [-0.3, -0.25) is 0 Å². The quantitative estimate of drug-likeness (QED) is 0.402. The van der Waals surface area contributed by atoms with Gasteiger partial charge in [0, 0.05) is 44.2 Å². The number of benzene rings is 4. The molecule has 8 rings (SSSR count). The first-order valence-corrected chi connectivity index (χ1v) is 10.6. The minimum absolute atomic E-state index is 0.323. The predicted octanol–water partition coefficient (Wildman–Crippen LogP) is 4.93. The Labute approximate surface area is 173 Å². The van der Waals surface area contributed by atoms with Gasteiger partial charge in [0.1, 0.15) is 0 Å². The van der Waals surface area contributed by atoms with Crippen molar-refractivity contribution in [3.63, 3.8) is 0 Å². The number of rotatable bonds is 0. The highest BCUT2D eigenvalue weighted by molar-refractivity contribution is 6.07. The fraction of sp³-hybridized carbons (Fsp3) is 0.0714. The van der Waals surface area contributed by atoms with Crippen LogP contribution in [0.5, 0.6) is 0 Å². The molecule has 2 atom stereocenters. The van der Waals surface area contributed by atoms with Gasteiger partial charge in [-0.15, -0.1) is 0 Å². The van der Waals surface area contributed by atoms with Crippen molar-refractivity contribution in [3.8, 4) is 0 Å². The Balaban J connectivity index is 1.61. The van der Waals surface area contributed by atoms with Crippen molar-refractivity contribution in [2.75, 3.05) is 4.90 Å². The molecular weight excluding hydrogens is 364 g/mol. The Morgan fingerprint density at radius 1 is 0.733 bits per heavy atom. The van der Waals surface area contributed by atoms with Crippen LogP contribution in [0.25, 0.3) is 33.3 Å². The van der Waals surface area contributed by atoms with Crippen molar-refractivity contribution >= 4 is 44.7 Å². The summed E-state index contributed by atoms with van der Waals surface area (Å²) in [4.78, 5) is 6.38. The van der Waals surface area contributed by atoms with Gasteiger partial charge in [-0.1, -0.05) is 78.9 Å². The van der Waals surface area contributed by atoms with Gasteiger partial charge < -0.3 is 9.88 Å². The van der Waals surface area contributed by atoms with Gasteiger partial charge in [0.2, 0.25) is 0 Å². The van der Waals surface area contributed by atoms with E-state index in [1.54, 1.807) is 0 Å². The fourth-order valence-electron chi connectivity index (χ4n) is 6.12. The zero-order valence-corrected chi connectivity index (χ0v) is 16.3. The van der Waals surface area contributed by atoms with Crippen LogP contribution in [0.2, 0.25) is 0 Å². The molecule has 0 bridgehead atoms. The molecule has 0 saturated heterocycles. The van der Waals surface area contributed by atoms with Gasteiger partial charge >= 0.3 is 0 Å². The summed E-state index contributed by atoms with van der Waals surface area (Å²) in [5, 5.41) is 6.64. The van der Waals surface area contributed by atoms with E-state index >= 15 is 0 Å². The van der Waals surface area contributed by atoms with Crippen molar-refractivity contribution in [1.29, 1.82) is 0 Å². The molecule has 2 heteroatoms. The van der Waals surface area contributed by atoms with Crippen molar-refractivity contribution in [1.82, 2.24) is 4.98 Å². The average Bonchev–Trinajstić information content (AvgIpc) is 3.44. The van der Waals surface area contributed by atoms with Crippen molar-refractivity contribution in [2.45, 2.75) is 12.0 Å². The summed E-state index contributed by atoms with van der Waals surface area (Å²) in [6, 6.07) is 31.4. The zero-order chi connectivity index (χ0) is 19.4. The number of aromatic amines is 1. The molecule has 0 spiro atoms. The van der Waals surface area contributed by atoms with E-state index in [0.29, 0.717) is 12.0 Å². The summed E-state index contributed by atoms with van der Waals surface area (Å²) in [7, 11) is 0. The van der Waals surface area contributed by atoms with Crippen LogP contribution >= 0.6 is 0 Å². The number of nitrogens with one attached hydrogen (secondary N) is 1. The molecule has 1 aliphatic carbocycles. The highest BCUT2D eigenvalue weighted by Gasteiger charge is 2.48. The van der Waals surface area contributed by atoms with Crippen LogP contribution in [-0.4, -0.2) is 11.0 Å². The maximum absolute atomic E-state index is 3.77. The van der Waals surface area contributed by atoms with Crippen LogP contribution in [0.3, 0.4) is 0 Å². The van der Waals surface area contributed by atoms with Gasteiger partial charge in [-0.2, -0.15) is 0 Å². The van der Waals surface area contributed by atoms with E-state index in [1.807, 2.05) is 0 Å². The van der Waals surface area contributed by atoms with E-state index in [2.05, 4.69) is 101 Å². The van der Waals surface area contributed by atoms with Crippen LogP contribution in [0, 0.1) is 0 Å². The molecule has 2 aliphatic heterocycles. The number of aromatic nitrogens is 1. The molecule has 3 heterocycles. The first-order chi connectivity index (χ1) is 14.9. The molecule has 1 aromatic heterocycles. The van der Waals surface area contributed by atoms with Crippen LogP contribution in [0.4, 0.5) is 11.4 Å². The number of hydrogen-bond acceptors (Lipinski definition) is 1. The normalized spacial score (nSPS) is 20.1. The van der Waals surface area contributed by atoms with Gasteiger partial charge in [0.05, 0.1) is 17.1 Å². The SMILES string of the molecule is C1=c2c([nH]c3ccccc23)=C2c3ccccc3N3c4c(ccc5ccccc45)C1C23. The van der Waals surface area contributed by atoms with Crippen LogP contribution in [0.1, 0.15) is 17.0 Å². The molecule has 2 unspecified atom stereocenters. The topological polar surface area (TPSA) is 19.0 Å². The molecule has 0 fully saturated rings. The lowest BCUT2D eigenvalue weighted by atomic mass is 9.84. The molecule has 1 N–H and O–H groups in total. The number of anilines is 2. The third kappa shape index (κ3) is 1.60. The molecule has 140 valence electrons. The molecule has 5 aromatic rings. The van der Waals surface area contributed by atoms with E-state index < -0.39 is 0 Å². The Bertz CT molecular complexity index is 1670. The molecule has 30 heavy (non-hydrogen) atoms. The number of hydrogen-bond donors (Lipinski definition) is 1. The van der Waals surface area contributed by atoms with Gasteiger partial charge in [-0.05, 0) is 23.1 Å². The highest BCUT2D eigenvalue weighted by Crippen LogP contribution is 2.58. The Morgan fingerprint density at radius 2 is 1.53 bits per heavy atom. The van der Waals surface area contributed by atoms with Crippen LogP contribution in [-0.2, 0) is 0 Å². The van der Waals surface area contributed by atoms with Crippen molar-refractivity contribution < 1.29 is 0 Å². The monoisotopic (exact) mass is 382 g/mol. The van der Waals surface area contributed by atoms with Crippen LogP contribution < -0.4 is 15.5 Å². The third-order valence-corrected chi connectivity index (χ3v) is 7.26. The van der Waals surface area contributed by atoms with Crippen molar-refractivity contribution in [3.05, 3.63) is 107 Å². The fourth-order valence-corrected chi connectivity index (χ4v) is 6.12. The number of nitrogens with zero attached hydrogens (tertiary/aromatic N) is 1. The molecule has 0 saturated carbocycles. The van der Waals surface area contributed by atoms with Gasteiger partial charge in [0.25, 0.3) is 0 Å². The zero-order valence-electron chi connectivity index (χ0n) is 16.3. The summed E-state index contributed by atoms with van der Waals surface area (Å²) >= 11 is 0. The smallest absolute Gasteiger partial charge is 0.0723 e. The van der Waals surface area contributed by atoms with Crippen molar-refractivity contribution in [2.24, 2.45) is 0 Å². The summed E-state index contributed by atoms with van der Waals surface area (Å²) in [6.45, 7) is 0. The summed E-state index contributed by atoms with van der Waals surface area (Å²) in [5.41, 5.74) is 8.20. The highest BCUT2D eigenvalue weighted by atomic mass is 15.2. The van der Waals surface area contributed by atoms with E-state index in [-0.39, 0.29) is 0 Å². The summed E-state index contributed by atoms with van der Waals surface area (Å²) in [6.07, 6.45) is 2.52. The summed E-state index contributed by atoms with van der Waals surface area (Å²) in [5.74, 6) is 0.360. The van der Waals surface area contributed by atoms with E-state index in [1.165, 1.54) is 60.3 Å². The molecule has 0 radical (unpaired) electrons. The maximum Gasteiger partial charge on any atom is 0.0723 e. The van der Waals surface area contributed by atoms with Gasteiger partial charge in [-0.25, -0.2) is 0 Å². The Hall–Kier alpha value is -3.78. The minimum atomic E-state index is 0.323. The first kappa shape index (κ1) is 15.1. The lowest BCUT2D eigenvalue weighted by molar-refractivity contribution is 0.803. The largest absolute Gasteiger partial charge is 0.354 e. The molecular formula is C28H18N2. The second-order valence-corrected chi connectivity index (χ2v) is 8.62. The number of para-hydroxylation sites is 2. The Morgan fingerprint density at radius 3 is 2.50 bits per heavy atom. The third-order valence-electron chi connectivity index (χ3n) is 7.26. The predicted molar refractivity (Wildman–Crippen MR) is 124 cm³/mol. The lowest BCUT2D eigenvalue weighted by Crippen LogP contribution is -2.39. The van der Waals surface area contributed by atoms with Gasteiger partial charge in [0.15, 0.2) is 0 Å². The second-order valence-electron chi connectivity index (χ2n) is 8.62. The summed E-state index contributed by atoms with van der Waals surface area (Å²) < 4.78 is 0. The number of fused-ring (bicyclic) bond motifs is 11. The number of H-pyrrole nitrogens is 1. The molecule has 3 aliphatic rings. The molecule has 4 aromatic carbocycles. The molecule has 2 nitrogen and oxygen atoms in total. The van der Waals surface area contributed by atoms with Crippen LogP contribution in [0.15, 0.2) is 84.9 Å². The standard InChI is InChI=1S/C28H18N2/c1-2-8-17-16(7-1)13-14-19-22-15-21-18-9-3-5-11-23(18)29-26(21)25-20-10-4-6-12-24(20)30(27(17)19)28(22)25/h1-15,22,28-29H. The second kappa shape index (κ2) is 5.03. The Kier molecular flexibility index (Phi) is 2.53.